The lowest BCUT2D eigenvalue weighted by molar-refractivity contribution is -0.151. The molecule has 2 rings (SSSR count). The van der Waals surface area contributed by atoms with Crippen LogP contribution in [0, 0.1) is 5.41 Å². The molecule has 21 heavy (non-hydrogen) atoms. The number of nitrogens with one attached hydrogen (secondary N) is 1. The standard InChI is InChI=1S/C15H24N2O4/c1-2-3-10-21-11-6-9-17-13(19)15(7-4-5-8-15)12(18)16-14(17)20/h2-11H2,1H3,(H,16,18,20). The topological polar surface area (TPSA) is 75.7 Å². The van der Waals surface area contributed by atoms with Crippen LogP contribution in [0.5, 0.6) is 0 Å². The molecular formula is C15H24N2O4. The highest BCUT2D eigenvalue weighted by Gasteiger charge is 2.54. The van der Waals surface area contributed by atoms with Crippen molar-refractivity contribution in [3.63, 3.8) is 0 Å². The van der Waals surface area contributed by atoms with E-state index in [4.69, 9.17) is 4.74 Å². The van der Waals surface area contributed by atoms with Crippen molar-refractivity contribution in [2.45, 2.75) is 51.9 Å². The van der Waals surface area contributed by atoms with Crippen LogP contribution in [-0.4, -0.2) is 42.5 Å². The van der Waals surface area contributed by atoms with Crippen LogP contribution >= 0.6 is 0 Å². The van der Waals surface area contributed by atoms with Gasteiger partial charge < -0.3 is 4.74 Å². The third kappa shape index (κ3) is 3.26. The average molecular weight is 296 g/mol. The Morgan fingerprint density at radius 2 is 1.81 bits per heavy atom. The molecule has 0 aromatic heterocycles. The molecule has 1 aliphatic heterocycles. The van der Waals surface area contributed by atoms with Crippen LogP contribution in [0.4, 0.5) is 4.79 Å². The third-order valence-corrected chi connectivity index (χ3v) is 4.32. The fourth-order valence-electron chi connectivity index (χ4n) is 3.03. The van der Waals surface area contributed by atoms with Crippen molar-refractivity contribution in [2.24, 2.45) is 5.41 Å². The second-order valence-corrected chi connectivity index (χ2v) is 5.82. The van der Waals surface area contributed by atoms with Crippen LogP contribution in [0.15, 0.2) is 0 Å². The van der Waals surface area contributed by atoms with E-state index >= 15 is 0 Å². The number of hydrogen-bond donors (Lipinski definition) is 1. The summed E-state index contributed by atoms with van der Waals surface area (Å²) in [6, 6.07) is -0.587. The number of carbonyl (C=O) groups excluding carboxylic acids is 3. The van der Waals surface area contributed by atoms with Gasteiger partial charge in [-0.15, -0.1) is 0 Å². The molecule has 6 heteroatoms. The zero-order valence-corrected chi connectivity index (χ0v) is 12.7. The fraction of sp³-hybridized carbons (Fsp3) is 0.800. The summed E-state index contributed by atoms with van der Waals surface area (Å²) < 4.78 is 5.44. The van der Waals surface area contributed by atoms with Crippen LogP contribution in [0.25, 0.3) is 0 Å². The van der Waals surface area contributed by atoms with Crippen molar-refractivity contribution in [3.8, 4) is 0 Å². The lowest BCUT2D eigenvalue weighted by atomic mass is 9.82. The number of amides is 4. The van der Waals surface area contributed by atoms with Crippen molar-refractivity contribution in [1.82, 2.24) is 10.2 Å². The van der Waals surface area contributed by atoms with Gasteiger partial charge in [0.25, 0.3) is 0 Å². The van der Waals surface area contributed by atoms with Crippen LogP contribution < -0.4 is 5.32 Å². The number of unbranched alkanes of at least 4 members (excludes halogenated alkanes) is 1. The van der Waals surface area contributed by atoms with Crippen LogP contribution in [0.2, 0.25) is 0 Å². The minimum atomic E-state index is -0.989. The Hall–Kier alpha value is -1.43. The molecule has 1 spiro atoms. The maximum Gasteiger partial charge on any atom is 0.330 e. The fourth-order valence-corrected chi connectivity index (χ4v) is 3.03. The van der Waals surface area contributed by atoms with Gasteiger partial charge in [0.05, 0.1) is 0 Å². The number of imide groups is 2. The molecule has 0 bridgehead atoms. The van der Waals surface area contributed by atoms with Crippen LogP contribution in [0.1, 0.15) is 51.9 Å². The Balaban J connectivity index is 1.88. The van der Waals surface area contributed by atoms with Gasteiger partial charge in [0.1, 0.15) is 5.41 Å². The van der Waals surface area contributed by atoms with Gasteiger partial charge in [0, 0.05) is 19.8 Å². The number of carbonyl (C=O) groups is 3. The Kier molecular flexibility index (Phi) is 5.33. The van der Waals surface area contributed by atoms with Crippen LogP contribution in [-0.2, 0) is 14.3 Å². The first-order chi connectivity index (χ1) is 10.1. The lowest BCUT2D eigenvalue weighted by Gasteiger charge is -2.36. The van der Waals surface area contributed by atoms with E-state index in [1.807, 2.05) is 0 Å². The lowest BCUT2D eigenvalue weighted by Crippen LogP contribution is -2.63. The Morgan fingerprint density at radius 1 is 1.14 bits per heavy atom. The minimum Gasteiger partial charge on any atom is -0.381 e. The maximum absolute atomic E-state index is 12.5. The number of nitrogens with zero attached hydrogens (tertiary/aromatic N) is 1. The van der Waals surface area contributed by atoms with E-state index in [1.165, 1.54) is 4.90 Å². The molecule has 2 fully saturated rings. The third-order valence-electron chi connectivity index (χ3n) is 4.32. The summed E-state index contributed by atoms with van der Waals surface area (Å²) in [6.45, 7) is 3.64. The summed E-state index contributed by atoms with van der Waals surface area (Å²) in [5.74, 6) is -0.729. The van der Waals surface area contributed by atoms with Gasteiger partial charge in [-0.1, -0.05) is 26.2 Å². The number of hydrogen-bond acceptors (Lipinski definition) is 4. The highest BCUT2D eigenvalue weighted by Crippen LogP contribution is 2.41. The van der Waals surface area contributed by atoms with Gasteiger partial charge in [-0.25, -0.2) is 4.79 Å². The molecule has 1 heterocycles. The molecular weight excluding hydrogens is 272 g/mol. The van der Waals surface area contributed by atoms with E-state index in [9.17, 15) is 14.4 Å². The van der Waals surface area contributed by atoms with E-state index in [2.05, 4.69) is 12.2 Å². The number of ether oxygens (including phenoxy) is 1. The van der Waals surface area contributed by atoms with E-state index in [0.717, 1.165) is 25.7 Å². The van der Waals surface area contributed by atoms with E-state index in [-0.39, 0.29) is 5.91 Å². The first-order valence-electron chi connectivity index (χ1n) is 7.87. The van der Waals surface area contributed by atoms with Gasteiger partial charge in [-0.05, 0) is 25.7 Å². The number of urea groups is 1. The highest BCUT2D eigenvalue weighted by atomic mass is 16.5. The molecule has 118 valence electrons. The van der Waals surface area contributed by atoms with Gasteiger partial charge in [-0.2, -0.15) is 0 Å². The van der Waals surface area contributed by atoms with Crippen molar-refractivity contribution in [1.29, 1.82) is 0 Å². The number of barbiturate groups is 1. The molecule has 4 amide bonds. The Morgan fingerprint density at radius 3 is 2.48 bits per heavy atom. The molecule has 2 aliphatic rings. The SMILES string of the molecule is CCCCOCCCN1C(=O)NC(=O)C2(CCCC2)C1=O. The van der Waals surface area contributed by atoms with Crippen molar-refractivity contribution in [2.75, 3.05) is 19.8 Å². The largest absolute Gasteiger partial charge is 0.381 e. The molecule has 0 radical (unpaired) electrons. The normalized spacial score (nSPS) is 21.2. The van der Waals surface area contributed by atoms with Crippen molar-refractivity contribution >= 4 is 17.8 Å². The van der Waals surface area contributed by atoms with Gasteiger partial charge >= 0.3 is 6.03 Å². The predicted molar refractivity (Wildman–Crippen MR) is 76.5 cm³/mol. The van der Waals surface area contributed by atoms with Crippen LogP contribution in [0.3, 0.4) is 0 Å². The zero-order chi connectivity index (χ0) is 15.3. The summed E-state index contributed by atoms with van der Waals surface area (Å²) in [6.07, 6.45) is 5.52. The second kappa shape index (κ2) is 7.02. The first kappa shape index (κ1) is 15.9. The van der Waals surface area contributed by atoms with Gasteiger partial charge in [-0.3, -0.25) is 19.8 Å². The molecule has 1 saturated heterocycles. The Labute approximate surface area is 125 Å². The second-order valence-electron chi connectivity index (χ2n) is 5.82. The van der Waals surface area contributed by atoms with E-state index in [1.54, 1.807) is 0 Å². The molecule has 1 saturated carbocycles. The minimum absolute atomic E-state index is 0.311. The quantitative estimate of drug-likeness (QED) is 0.574. The number of rotatable bonds is 7. The van der Waals surface area contributed by atoms with E-state index in [0.29, 0.717) is 39.0 Å². The molecule has 0 aromatic carbocycles. The first-order valence-corrected chi connectivity index (χ1v) is 7.87. The Bertz CT molecular complexity index is 416. The average Bonchev–Trinajstić information content (AvgIpc) is 2.95. The highest BCUT2D eigenvalue weighted by molar-refractivity contribution is 6.19. The zero-order valence-electron chi connectivity index (χ0n) is 12.7. The smallest absolute Gasteiger partial charge is 0.330 e. The predicted octanol–water partition coefficient (Wildman–Crippen LogP) is 1.83. The maximum atomic E-state index is 12.5. The molecule has 0 atom stereocenters. The monoisotopic (exact) mass is 296 g/mol. The molecule has 0 aromatic rings. The molecule has 0 unspecified atom stereocenters. The summed E-state index contributed by atoms with van der Waals surface area (Å²) in [4.78, 5) is 37.6. The summed E-state index contributed by atoms with van der Waals surface area (Å²) in [5, 5.41) is 2.34. The summed E-state index contributed by atoms with van der Waals surface area (Å²) in [7, 11) is 0. The molecule has 1 aliphatic carbocycles. The van der Waals surface area contributed by atoms with Gasteiger partial charge in [0.15, 0.2) is 0 Å². The molecule has 6 nitrogen and oxygen atoms in total. The van der Waals surface area contributed by atoms with Crippen molar-refractivity contribution in [3.05, 3.63) is 0 Å². The van der Waals surface area contributed by atoms with Gasteiger partial charge in [0.2, 0.25) is 11.8 Å². The van der Waals surface area contributed by atoms with Crippen molar-refractivity contribution < 1.29 is 19.1 Å². The summed E-state index contributed by atoms with van der Waals surface area (Å²) in [5.41, 5.74) is -0.989. The molecule has 1 N–H and O–H groups in total. The summed E-state index contributed by atoms with van der Waals surface area (Å²) >= 11 is 0. The van der Waals surface area contributed by atoms with E-state index < -0.39 is 17.4 Å².